The zero-order valence-corrected chi connectivity index (χ0v) is 7.20. The molecular weight excluding hydrogens is 152 g/mol. The average Bonchev–Trinajstić information content (AvgIpc) is 1.83. The highest BCUT2D eigenvalue weighted by molar-refractivity contribution is 5.85. The summed E-state index contributed by atoms with van der Waals surface area (Å²) in [6.45, 7) is 1.89. The zero-order chi connectivity index (χ0) is 7.28. The number of amides is 1. The highest BCUT2D eigenvalue weighted by Gasteiger charge is 1.98. The molecule has 0 aromatic carbocycles. The third-order valence-corrected chi connectivity index (χ3v) is 1.11. The minimum atomic E-state index is 0. The Morgan fingerprint density at radius 2 is 2.20 bits per heavy atom. The molecule has 0 radical (unpaired) electrons. The van der Waals surface area contributed by atoms with Gasteiger partial charge in [0.25, 0.3) is 0 Å². The first kappa shape index (κ1) is 12.4. The van der Waals surface area contributed by atoms with Gasteiger partial charge in [-0.05, 0) is 13.3 Å². The molecule has 4 heteroatoms. The molecule has 0 rings (SSSR count). The standard InChI is InChI=1S/C6H14N2O.ClH/c1-5(7)3-4-6(9)8-2;/h5H,3-4,7H2,1-2H3,(H,8,9);1H/t5-;/m1./s1. The largest absolute Gasteiger partial charge is 0.359 e. The lowest BCUT2D eigenvalue weighted by Crippen LogP contribution is -2.22. The van der Waals surface area contributed by atoms with Gasteiger partial charge in [0.15, 0.2) is 0 Å². The van der Waals surface area contributed by atoms with Crippen molar-refractivity contribution in [2.75, 3.05) is 7.05 Å². The number of halogens is 1. The Morgan fingerprint density at radius 3 is 2.50 bits per heavy atom. The topological polar surface area (TPSA) is 55.1 Å². The van der Waals surface area contributed by atoms with E-state index in [4.69, 9.17) is 5.73 Å². The van der Waals surface area contributed by atoms with Gasteiger partial charge in [0.2, 0.25) is 5.91 Å². The normalized spacial score (nSPS) is 11.5. The van der Waals surface area contributed by atoms with Gasteiger partial charge in [-0.25, -0.2) is 0 Å². The molecule has 0 fully saturated rings. The monoisotopic (exact) mass is 166 g/mol. The molecule has 0 unspecified atom stereocenters. The molecular formula is C6H15ClN2O. The molecule has 10 heavy (non-hydrogen) atoms. The minimum absolute atomic E-state index is 0. The molecule has 0 aliphatic carbocycles. The van der Waals surface area contributed by atoms with Crippen LogP contribution >= 0.6 is 12.4 Å². The van der Waals surface area contributed by atoms with Crippen LogP contribution in [-0.4, -0.2) is 19.0 Å². The van der Waals surface area contributed by atoms with Gasteiger partial charge in [0.05, 0.1) is 0 Å². The molecule has 1 atom stereocenters. The summed E-state index contributed by atoms with van der Waals surface area (Å²) in [4.78, 5) is 10.5. The van der Waals surface area contributed by atoms with E-state index in [1.165, 1.54) is 0 Å². The molecule has 0 aromatic rings. The lowest BCUT2D eigenvalue weighted by atomic mass is 10.2. The SMILES string of the molecule is CNC(=O)CC[C@@H](C)N.Cl. The molecule has 1 amide bonds. The van der Waals surface area contributed by atoms with Gasteiger partial charge in [-0.3, -0.25) is 4.79 Å². The van der Waals surface area contributed by atoms with Crippen molar-refractivity contribution in [2.45, 2.75) is 25.8 Å². The van der Waals surface area contributed by atoms with Crippen LogP contribution in [0.2, 0.25) is 0 Å². The van der Waals surface area contributed by atoms with Gasteiger partial charge < -0.3 is 11.1 Å². The Bertz CT molecular complexity index is 95.7. The van der Waals surface area contributed by atoms with Crippen LogP contribution in [0.3, 0.4) is 0 Å². The van der Waals surface area contributed by atoms with Crippen LogP contribution < -0.4 is 11.1 Å². The number of rotatable bonds is 3. The van der Waals surface area contributed by atoms with Crippen LogP contribution in [-0.2, 0) is 4.79 Å². The van der Waals surface area contributed by atoms with E-state index in [-0.39, 0.29) is 24.4 Å². The van der Waals surface area contributed by atoms with Crippen molar-refractivity contribution in [3.8, 4) is 0 Å². The Labute approximate surface area is 67.8 Å². The molecule has 3 N–H and O–H groups in total. The summed E-state index contributed by atoms with van der Waals surface area (Å²) in [5.41, 5.74) is 5.42. The molecule has 0 aliphatic heterocycles. The first-order chi connectivity index (χ1) is 4.16. The molecule has 0 heterocycles. The Hall–Kier alpha value is -0.280. The highest BCUT2D eigenvalue weighted by atomic mass is 35.5. The van der Waals surface area contributed by atoms with E-state index in [9.17, 15) is 4.79 Å². The van der Waals surface area contributed by atoms with E-state index in [0.717, 1.165) is 6.42 Å². The van der Waals surface area contributed by atoms with E-state index < -0.39 is 0 Å². The van der Waals surface area contributed by atoms with Crippen LogP contribution in [0.1, 0.15) is 19.8 Å². The molecule has 62 valence electrons. The average molecular weight is 167 g/mol. The van der Waals surface area contributed by atoms with Gasteiger partial charge in [-0.1, -0.05) is 0 Å². The summed E-state index contributed by atoms with van der Waals surface area (Å²) >= 11 is 0. The second kappa shape index (κ2) is 6.83. The predicted molar refractivity (Wildman–Crippen MR) is 44.2 cm³/mol. The van der Waals surface area contributed by atoms with Crippen LogP contribution in [0.5, 0.6) is 0 Å². The van der Waals surface area contributed by atoms with Crippen LogP contribution in [0.4, 0.5) is 0 Å². The zero-order valence-electron chi connectivity index (χ0n) is 6.39. The van der Waals surface area contributed by atoms with Crippen molar-refractivity contribution in [2.24, 2.45) is 5.73 Å². The maximum absolute atomic E-state index is 10.5. The quantitative estimate of drug-likeness (QED) is 0.633. The van der Waals surface area contributed by atoms with Crippen molar-refractivity contribution >= 4 is 18.3 Å². The molecule has 0 saturated heterocycles. The summed E-state index contributed by atoms with van der Waals surface area (Å²) in [5.74, 6) is 0.0623. The number of carbonyl (C=O) groups excluding carboxylic acids is 1. The van der Waals surface area contributed by atoms with E-state index in [1.54, 1.807) is 7.05 Å². The van der Waals surface area contributed by atoms with E-state index >= 15 is 0 Å². The predicted octanol–water partition coefficient (Wildman–Crippen LogP) is 0.282. The molecule has 0 aromatic heterocycles. The lowest BCUT2D eigenvalue weighted by Gasteiger charge is -2.01. The summed E-state index contributed by atoms with van der Waals surface area (Å²) in [6, 6.07) is 0.127. The number of hydrogen-bond donors (Lipinski definition) is 2. The third-order valence-electron chi connectivity index (χ3n) is 1.11. The Morgan fingerprint density at radius 1 is 1.70 bits per heavy atom. The number of nitrogens with one attached hydrogen (secondary N) is 1. The van der Waals surface area contributed by atoms with E-state index in [0.29, 0.717) is 6.42 Å². The van der Waals surface area contributed by atoms with Crippen molar-refractivity contribution in [1.29, 1.82) is 0 Å². The van der Waals surface area contributed by atoms with E-state index in [1.807, 2.05) is 6.92 Å². The van der Waals surface area contributed by atoms with Crippen LogP contribution in [0.25, 0.3) is 0 Å². The Kier molecular flexibility index (Phi) is 8.48. The summed E-state index contributed by atoms with van der Waals surface area (Å²) in [7, 11) is 1.63. The molecule has 0 saturated carbocycles. The van der Waals surface area contributed by atoms with Gasteiger partial charge in [0.1, 0.15) is 0 Å². The van der Waals surface area contributed by atoms with Gasteiger partial charge >= 0.3 is 0 Å². The number of hydrogen-bond acceptors (Lipinski definition) is 2. The second-order valence-electron chi connectivity index (χ2n) is 2.19. The fourth-order valence-corrected chi connectivity index (χ4v) is 0.484. The van der Waals surface area contributed by atoms with Crippen molar-refractivity contribution in [3.63, 3.8) is 0 Å². The maximum atomic E-state index is 10.5. The molecule has 0 bridgehead atoms. The number of carbonyl (C=O) groups is 1. The van der Waals surface area contributed by atoms with Gasteiger partial charge in [-0.2, -0.15) is 0 Å². The Balaban J connectivity index is 0. The fourth-order valence-electron chi connectivity index (χ4n) is 0.484. The smallest absolute Gasteiger partial charge is 0.219 e. The van der Waals surface area contributed by atoms with Crippen molar-refractivity contribution in [1.82, 2.24) is 5.32 Å². The van der Waals surface area contributed by atoms with Crippen LogP contribution in [0.15, 0.2) is 0 Å². The first-order valence-electron chi connectivity index (χ1n) is 3.13. The second-order valence-corrected chi connectivity index (χ2v) is 2.19. The van der Waals surface area contributed by atoms with Crippen molar-refractivity contribution < 1.29 is 4.79 Å². The van der Waals surface area contributed by atoms with Crippen molar-refractivity contribution in [3.05, 3.63) is 0 Å². The first-order valence-corrected chi connectivity index (χ1v) is 3.13. The number of nitrogens with two attached hydrogens (primary N) is 1. The summed E-state index contributed by atoms with van der Waals surface area (Å²) < 4.78 is 0. The highest BCUT2D eigenvalue weighted by Crippen LogP contribution is 1.91. The maximum Gasteiger partial charge on any atom is 0.219 e. The minimum Gasteiger partial charge on any atom is -0.359 e. The molecule has 0 aliphatic rings. The van der Waals surface area contributed by atoms with E-state index in [2.05, 4.69) is 5.32 Å². The molecule has 3 nitrogen and oxygen atoms in total. The summed E-state index contributed by atoms with van der Waals surface area (Å²) in [5, 5.41) is 2.53. The summed E-state index contributed by atoms with van der Waals surface area (Å²) in [6.07, 6.45) is 1.30. The third kappa shape index (κ3) is 7.72. The van der Waals surface area contributed by atoms with Gasteiger partial charge in [-0.15, -0.1) is 12.4 Å². The fraction of sp³-hybridized carbons (Fsp3) is 0.833. The molecule has 0 spiro atoms. The van der Waals surface area contributed by atoms with Crippen LogP contribution in [0, 0.1) is 0 Å². The lowest BCUT2D eigenvalue weighted by molar-refractivity contribution is -0.120. The van der Waals surface area contributed by atoms with Gasteiger partial charge in [0, 0.05) is 19.5 Å².